The van der Waals surface area contributed by atoms with Crippen LogP contribution in [0.4, 0.5) is 5.82 Å². The second-order valence-corrected chi connectivity index (χ2v) is 7.46. The second-order valence-electron chi connectivity index (χ2n) is 6.55. The van der Waals surface area contributed by atoms with Crippen molar-refractivity contribution in [2.45, 2.75) is 31.6 Å². The van der Waals surface area contributed by atoms with Crippen molar-refractivity contribution < 1.29 is 14.7 Å². The zero-order chi connectivity index (χ0) is 18.3. The topological polar surface area (TPSA) is 70.5 Å². The number of Topliss-reactive ketones (excluding diaryl/α,β-unsaturated/α-hetero) is 1. The molecule has 26 heavy (non-hydrogen) atoms. The first-order chi connectivity index (χ1) is 12.5. The van der Waals surface area contributed by atoms with Gasteiger partial charge in [-0.2, -0.15) is 0 Å². The number of aromatic nitrogens is 1. The number of hydrogen-bond donors (Lipinski definition) is 1. The molecule has 1 unspecified atom stereocenters. The Morgan fingerprint density at radius 3 is 2.54 bits per heavy atom. The lowest BCUT2D eigenvalue weighted by Crippen LogP contribution is -2.41. The molecule has 0 fully saturated rings. The molecule has 0 radical (unpaired) electrons. The zero-order valence-electron chi connectivity index (χ0n) is 14.0. The fourth-order valence-electron chi connectivity index (χ4n) is 3.75. The van der Waals surface area contributed by atoms with Crippen LogP contribution in [0.2, 0.25) is 0 Å². The SMILES string of the molecule is O=C1CCCC2=C1C(c1ccc(O)cc1)CC(=O)N2c1ccc(Br)cn1. The number of carbonyl (C=O) groups excluding carboxylic acids is 2. The molecular weight excluding hydrogens is 396 g/mol. The van der Waals surface area contributed by atoms with E-state index >= 15 is 0 Å². The first-order valence-corrected chi connectivity index (χ1v) is 9.33. The summed E-state index contributed by atoms with van der Waals surface area (Å²) in [5, 5.41) is 9.54. The molecule has 2 aromatic rings. The fourth-order valence-corrected chi connectivity index (χ4v) is 3.98. The summed E-state index contributed by atoms with van der Waals surface area (Å²) in [5.41, 5.74) is 2.36. The third-order valence-electron chi connectivity index (χ3n) is 4.91. The molecule has 1 aromatic carbocycles. The number of anilines is 1. The number of phenolic OH excluding ortho intramolecular Hbond substituents is 1. The number of nitrogens with zero attached hydrogens (tertiary/aromatic N) is 2. The number of halogens is 1. The predicted octanol–water partition coefficient (Wildman–Crippen LogP) is 4.08. The smallest absolute Gasteiger partial charge is 0.233 e. The highest BCUT2D eigenvalue weighted by atomic mass is 79.9. The summed E-state index contributed by atoms with van der Waals surface area (Å²) in [6.45, 7) is 0. The van der Waals surface area contributed by atoms with E-state index in [0.717, 1.165) is 22.2 Å². The summed E-state index contributed by atoms with van der Waals surface area (Å²) in [4.78, 5) is 31.7. The van der Waals surface area contributed by atoms with Crippen molar-refractivity contribution in [1.82, 2.24) is 4.98 Å². The van der Waals surface area contributed by atoms with E-state index in [0.29, 0.717) is 24.2 Å². The van der Waals surface area contributed by atoms with Crippen LogP contribution in [0.3, 0.4) is 0 Å². The molecule has 4 rings (SSSR count). The third kappa shape index (κ3) is 2.94. The van der Waals surface area contributed by atoms with Gasteiger partial charge in [0.1, 0.15) is 11.6 Å². The number of amides is 1. The molecule has 0 bridgehead atoms. The first-order valence-electron chi connectivity index (χ1n) is 8.54. The molecular formula is C20H17BrN2O3. The number of allylic oxidation sites excluding steroid dienone is 2. The number of benzene rings is 1. The van der Waals surface area contributed by atoms with Crippen LogP contribution in [0.15, 0.2) is 58.3 Å². The maximum Gasteiger partial charge on any atom is 0.233 e. The van der Waals surface area contributed by atoms with Gasteiger partial charge in [-0.15, -0.1) is 0 Å². The molecule has 132 valence electrons. The van der Waals surface area contributed by atoms with E-state index < -0.39 is 0 Å². The summed E-state index contributed by atoms with van der Waals surface area (Å²) in [7, 11) is 0. The molecule has 0 spiro atoms. The van der Waals surface area contributed by atoms with Gasteiger partial charge in [-0.3, -0.25) is 14.5 Å². The average molecular weight is 413 g/mol. The number of phenols is 1. The van der Waals surface area contributed by atoms with Crippen LogP contribution in [0.1, 0.15) is 37.2 Å². The standard InChI is InChI=1S/C20H17BrN2O3/c21-13-6-9-18(22-11-13)23-16-2-1-3-17(25)20(16)15(10-19(23)26)12-4-7-14(24)8-5-12/h4-9,11,15,24H,1-3,10H2. The maximum atomic E-state index is 13.0. The lowest BCUT2D eigenvalue weighted by Gasteiger charge is -2.37. The van der Waals surface area contributed by atoms with Gasteiger partial charge < -0.3 is 5.11 Å². The number of rotatable bonds is 2. The Morgan fingerprint density at radius 2 is 1.85 bits per heavy atom. The quantitative estimate of drug-likeness (QED) is 0.806. The summed E-state index contributed by atoms with van der Waals surface area (Å²) in [6.07, 6.45) is 3.79. The molecule has 1 aromatic heterocycles. The number of pyridine rings is 1. The fraction of sp³-hybridized carbons (Fsp3) is 0.250. The minimum absolute atomic E-state index is 0.0636. The highest BCUT2D eigenvalue weighted by Gasteiger charge is 2.40. The van der Waals surface area contributed by atoms with E-state index in [1.807, 2.05) is 6.07 Å². The van der Waals surface area contributed by atoms with Crippen molar-refractivity contribution in [3.63, 3.8) is 0 Å². The molecule has 1 N–H and O–H groups in total. The van der Waals surface area contributed by atoms with E-state index in [4.69, 9.17) is 0 Å². The van der Waals surface area contributed by atoms with Gasteiger partial charge in [-0.1, -0.05) is 12.1 Å². The monoisotopic (exact) mass is 412 g/mol. The average Bonchev–Trinajstić information content (AvgIpc) is 2.63. The third-order valence-corrected chi connectivity index (χ3v) is 5.38. The van der Waals surface area contributed by atoms with Crippen LogP contribution in [0, 0.1) is 0 Å². The van der Waals surface area contributed by atoms with Gasteiger partial charge in [0.2, 0.25) is 5.91 Å². The van der Waals surface area contributed by atoms with Crippen LogP contribution in [0.5, 0.6) is 5.75 Å². The molecule has 1 aliphatic heterocycles. The Kier molecular flexibility index (Phi) is 4.36. The van der Waals surface area contributed by atoms with Gasteiger partial charge in [0.15, 0.2) is 5.78 Å². The zero-order valence-corrected chi connectivity index (χ0v) is 15.6. The molecule has 1 amide bonds. The Hall–Kier alpha value is -2.47. The summed E-state index contributed by atoms with van der Waals surface area (Å²) in [5.74, 6) is 0.480. The molecule has 1 atom stereocenters. The van der Waals surface area contributed by atoms with Crippen LogP contribution < -0.4 is 4.90 Å². The second kappa shape index (κ2) is 6.68. The summed E-state index contributed by atoms with van der Waals surface area (Å²) < 4.78 is 0.835. The van der Waals surface area contributed by atoms with Crippen molar-refractivity contribution in [2.75, 3.05) is 4.90 Å². The Bertz CT molecular complexity index is 904. The van der Waals surface area contributed by atoms with Gasteiger partial charge >= 0.3 is 0 Å². The van der Waals surface area contributed by atoms with Gasteiger partial charge in [-0.25, -0.2) is 4.98 Å². The van der Waals surface area contributed by atoms with Gasteiger partial charge in [0.25, 0.3) is 0 Å². The number of aromatic hydroxyl groups is 1. The Balaban J connectivity index is 1.84. The van der Waals surface area contributed by atoms with Gasteiger partial charge in [-0.05, 0) is 58.6 Å². The van der Waals surface area contributed by atoms with E-state index in [2.05, 4.69) is 20.9 Å². The Morgan fingerprint density at radius 1 is 1.08 bits per heavy atom. The molecule has 2 aliphatic rings. The van der Waals surface area contributed by atoms with Gasteiger partial charge in [0.05, 0.1) is 0 Å². The lowest BCUT2D eigenvalue weighted by molar-refractivity contribution is -0.120. The van der Waals surface area contributed by atoms with Crippen molar-refractivity contribution in [1.29, 1.82) is 0 Å². The molecule has 1 aliphatic carbocycles. The van der Waals surface area contributed by atoms with Crippen molar-refractivity contribution in [3.05, 3.63) is 63.9 Å². The van der Waals surface area contributed by atoms with E-state index in [9.17, 15) is 14.7 Å². The highest BCUT2D eigenvalue weighted by Crippen LogP contribution is 2.43. The van der Waals surface area contributed by atoms with E-state index in [1.165, 1.54) is 0 Å². The molecule has 6 heteroatoms. The number of hydrogen-bond acceptors (Lipinski definition) is 4. The largest absolute Gasteiger partial charge is 0.508 e. The van der Waals surface area contributed by atoms with Crippen molar-refractivity contribution >= 4 is 33.4 Å². The Labute approximate surface area is 159 Å². The van der Waals surface area contributed by atoms with Crippen molar-refractivity contribution in [2.24, 2.45) is 0 Å². The predicted molar refractivity (Wildman–Crippen MR) is 101 cm³/mol. The highest BCUT2D eigenvalue weighted by molar-refractivity contribution is 9.10. The molecule has 0 saturated heterocycles. The minimum atomic E-state index is -0.266. The molecule has 2 heterocycles. The minimum Gasteiger partial charge on any atom is -0.508 e. The molecule has 0 saturated carbocycles. The molecule has 5 nitrogen and oxygen atoms in total. The first kappa shape index (κ1) is 17.0. The lowest BCUT2D eigenvalue weighted by atomic mass is 9.77. The summed E-state index contributed by atoms with van der Waals surface area (Å²) in [6, 6.07) is 10.4. The maximum absolute atomic E-state index is 13.0. The van der Waals surface area contributed by atoms with Gasteiger partial charge in [0, 0.05) is 40.7 Å². The summed E-state index contributed by atoms with van der Waals surface area (Å²) >= 11 is 3.36. The van der Waals surface area contributed by atoms with E-state index in [1.54, 1.807) is 41.4 Å². The van der Waals surface area contributed by atoms with Crippen LogP contribution in [0.25, 0.3) is 0 Å². The van der Waals surface area contributed by atoms with Crippen LogP contribution in [-0.2, 0) is 9.59 Å². The number of ketones is 1. The van der Waals surface area contributed by atoms with E-state index in [-0.39, 0.29) is 29.8 Å². The number of carbonyl (C=O) groups is 2. The van der Waals surface area contributed by atoms with Crippen molar-refractivity contribution in [3.8, 4) is 5.75 Å². The van der Waals surface area contributed by atoms with Crippen LogP contribution >= 0.6 is 15.9 Å². The normalized spacial score (nSPS) is 20.3. The van der Waals surface area contributed by atoms with Crippen LogP contribution in [-0.4, -0.2) is 21.8 Å².